The molecule has 1 atom stereocenters. The van der Waals surface area contributed by atoms with E-state index in [9.17, 15) is 0 Å². The Morgan fingerprint density at radius 1 is 1.24 bits per heavy atom. The number of aromatic nitrogens is 3. The van der Waals surface area contributed by atoms with Crippen LogP contribution in [0.2, 0.25) is 0 Å². The number of fused-ring (bicyclic) bond motifs is 1. The summed E-state index contributed by atoms with van der Waals surface area (Å²) in [6, 6.07) is 3.97. The molecule has 2 aromatic rings. The monoisotopic (exact) mass is 253 g/mol. The van der Waals surface area contributed by atoms with E-state index in [1.54, 1.807) is 7.11 Å². The molecule has 0 aromatic carbocycles. The number of hydrogen-bond acceptors (Lipinski definition) is 3. The van der Waals surface area contributed by atoms with Gasteiger partial charge in [0, 0.05) is 12.1 Å². The van der Waals surface area contributed by atoms with Crippen LogP contribution in [-0.4, -0.2) is 21.6 Å². The van der Waals surface area contributed by atoms with Crippen LogP contribution in [0.25, 0.3) is 11.2 Å². The number of alkyl halides is 1. The predicted octanol–water partition coefficient (Wildman–Crippen LogP) is 3.32. The Morgan fingerprint density at radius 2 is 1.94 bits per heavy atom. The van der Waals surface area contributed by atoms with Crippen molar-refractivity contribution in [1.29, 1.82) is 0 Å². The molecular formula is C12H16ClN3O. The van der Waals surface area contributed by atoms with Gasteiger partial charge in [-0.2, -0.15) is 4.98 Å². The average molecular weight is 254 g/mol. The molecule has 2 rings (SSSR count). The minimum atomic E-state index is -0.141. The van der Waals surface area contributed by atoms with E-state index in [2.05, 4.69) is 28.4 Å². The number of rotatable bonds is 3. The molecule has 5 heteroatoms. The Labute approximate surface area is 106 Å². The van der Waals surface area contributed by atoms with E-state index >= 15 is 0 Å². The van der Waals surface area contributed by atoms with Crippen LogP contribution in [0.5, 0.6) is 5.88 Å². The molecule has 0 radical (unpaired) electrons. The third-order valence-corrected chi connectivity index (χ3v) is 2.82. The molecule has 4 nitrogen and oxygen atoms in total. The highest BCUT2D eigenvalue weighted by Crippen LogP contribution is 2.27. The molecule has 0 aliphatic heterocycles. The maximum Gasteiger partial charge on any atom is 0.215 e. The molecule has 0 spiro atoms. The molecule has 0 amide bonds. The Balaban J connectivity index is 2.72. The summed E-state index contributed by atoms with van der Waals surface area (Å²) in [5.74, 6) is 1.44. The first-order valence-corrected chi connectivity index (χ1v) is 6.05. The van der Waals surface area contributed by atoms with Crippen molar-refractivity contribution in [3.05, 3.63) is 18.0 Å². The van der Waals surface area contributed by atoms with E-state index in [-0.39, 0.29) is 11.4 Å². The summed E-state index contributed by atoms with van der Waals surface area (Å²) >= 11 is 6.16. The van der Waals surface area contributed by atoms with Crippen LogP contribution in [0, 0.1) is 0 Å². The Kier molecular flexibility index (Phi) is 3.24. The smallest absolute Gasteiger partial charge is 0.215 e. The van der Waals surface area contributed by atoms with Gasteiger partial charge in [-0.15, -0.1) is 11.6 Å². The number of pyridine rings is 1. The lowest BCUT2D eigenvalue weighted by Crippen LogP contribution is -2.07. The minimum Gasteiger partial charge on any atom is -0.481 e. The van der Waals surface area contributed by atoms with Crippen molar-refractivity contribution >= 4 is 22.8 Å². The van der Waals surface area contributed by atoms with Crippen molar-refractivity contribution in [2.24, 2.45) is 0 Å². The average Bonchev–Trinajstić information content (AvgIpc) is 2.66. The number of nitrogens with zero attached hydrogens (tertiary/aromatic N) is 3. The summed E-state index contributed by atoms with van der Waals surface area (Å²) < 4.78 is 7.19. The van der Waals surface area contributed by atoms with Gasteiger partial charge in [-0.3, -0.25) is 0 Å². The van der Waals surface area contributed by atoms with E-state index in [4.69, 9.17) is 16.3 Å². The zero-order valence-electron chi connectivity index (χ0n) is 10.4. The first kappa shape index (κ1) is 12.2. The number of ether oxygens (including phenoxy) is 1. The zero-order chi connectivity index (χ0) is 12.6. The van der Waals surface area contributed by atoms with E-state index in [1.807, 2.05) is 19.1 Å². The van der Waals surface area contributed by atoms with Gasteiger partial charge in [-0.05, 0) is 26.8 Å². The minimum absolute atomic E-state index is 0.141. The molecule has 0 fully saturated rings. The molecule has 0 aliphatic carbocycles. The van der Waals surface area contributed by atoms with Gasteiger partial charge in [0.1, 0.15) is 11.3 Å². The number of methoxy groups -OCH3 is 1. The third kappa shape index (κ3) is 2.09. The van der Waals surface area contributed by atoms with Gasteiger partial charge in [0.2, 0.25) is 5.88 Å². The van der Waals surface area contributed by atoms with Crippen molar-refractivity contribution in [3.63, 3.8) is 0 Å². The Hall–Kier alpha value is -1.29. The Morgan fingerprint density at radius 3 is 2.47 bits per heavy atom. The van der Waals surface area contributed by atoms with Crippen molar-refractivity contribution in [1.82, 2.24) is 14.5 Å². The van der Waals surface area contributed by atoms with E-state index in [1.165, 1.54) is 0 Å². The fourth-order valence-corrected chi connectivity index (χ4v) is 2.03. The lowest BCUT2D eigenvalue weighted by molar-refractivity contribution is 0.398. The highest BCUT2D eigenvalue weighted by Gasteiger charge is 2.18. The summed E-state index contributed by atoms with van der Waals surface area (Å²) in [4.78, 5) is 8.96. The van der Waals surface area contributed by atoms with Gasteiger partial charge >= 0.3 is 0 Å². The normalized spacial score (nSPS) is 13.3. The lowest BCUT2D eigenvalue weighted by atomic mass is 10.3. The molecule has 0 N–H and O–H groups in total. The van der Waals surface area contributed by atoms with E-state index in [0.717, 1.165) is 17.0 Å². The van der Waals surface area contributed by atoms with Gasteiger partial charge in [-0.1, -0.05) is 0 Å². The van der Waals surface area contributed by atoms with Crippen LogP contribution >= 0.6 is 11.6 Å². The summed E-state index contributed by atoms with van der Waals surface area (Å²) in [5, 5.41) is -0.141. The zero-order valence-corrected chi connectivity index (χ0v) is 11.2. The molecule has 1 unspecified atom stereocenters. The maximum atomic E-state index is 6.16. The second kappa shape index (κ2) is 4.53. The van der Waals surface area contributed by atoms with Gasteiger partial charge in [0.05, 0.1) is 12.5 Å². The van der Waals surface area contributed by atoms with Crippen LogP contribution in [0.3, 0.4) is 0 Å². The topological polar surface area (TPSA) is 39.9 Å². The van der Waals surface area contributed by atoms with E-state index < -0.39 is 0 Å². The second-order valence-electron chi connectivity index (χ2n) is 4.25. The second-order valence-corrected chi connectivity index (χ2v) is 4.90. The molecule has 2 aromatic heterocycles. The number of imidazole rings is 1. The van der Waals surface area contributed by atoms with E-state index in [0.29, 0.717) is 5.88 Å². The standard InChI is InChI=1S/C12H16ClN3O/c1-7(2)16-11(8(3)13)14-9-5-6-10(17-4)15-12(9)16/h5-8H,1-4H3. The highest BCUT2D eigenvalue weighted by molar-refractivity contribution is 6.20. The first-order valence-electron chi connectivity index (χ1n) is 5.61. The molecule has 17 heavy (non-hydrogen) atoms. The van der Waals surface area contributed by atoms with Crippen LogP contribution in [0.15, 0.2) is 12.1 Å². The summed E-state index contributed by atoms with van der Waals surface area (Å²) in [5.41, 5.74) is 1.67. The molecule has 0 bridgehead atoms. The maximum absolute atomic E-state index is 6.16. The van der Waals surface area contributed by atoms with Crippen LogP contribution in [0.4, 0.5) is 0 Å². The molecule has 0 saturated heterocycles. The number of halogens is 1. The van der Waals surface area contributed by atoms with Crippen LogP contribution in [-0.2, 0) is 0 Å². The third-order valence-electron chi connectivity index (χ3n) is 2.62. The van der Waals surface area contributed by atoms with Gasteiger partial charge in [0.25, 0.3) is 0 Å². The quantitative estimate of drug-likeness (QED) is 0.788. The molecule has 0 saturated carbocycles. The van der Waals surface area contributed by atoms with Gasteiger partial charge in [-0.25, -0.2) is 4.98 Å². The molecular weight excluding hydrogens is 238 g/mol. The molecule has 2 heterocycles. The largest absolute Gasteiger partial charge is 0.481 e. The Bertz CT molecular complexity index is 534. The summed E-state index contributed by atoms with van der Waals surface area (Å²) in [7, 11) is 1.61. The SMILES string of the molecule is COc1ccc2nc(C(C)Cl)n(C(C)C)c2n1. The van der Waals surface area contributed by atoms with Gasteiger partial charge in [0.15, 0.2) is 5.65 Å². The van der Waals surface area contributed by atoms with Crippen molar-refractivity contribution in [3.8, 4) is 5.88 Å². The van der Waals surface area contributed by atoms with Crippen molar-refractivity contribution in [2.75, 3.05) is 7.11 Å². The molecule has 0 aliphatic rings. The fraction of sp³-hybridized carbons (Fsp3) is 0.500. The molecule has 92 valence electrons. The summed E-state index contributed by atoms with van der Waals surface area (Å²) in [6.07, 6.45) is 0. The van der Waals surface area contributed by atoms with Gasteiger partial charge < -0.3 is 9.30 Å². The predicted molar refractivity (Wildman–Crippen MR) is 68.7 cm³/mol. The highest BCUT2D eigenvalue weighted by atomic mass is 35.5. The number of hydrogen-bond donors (Lipinski definition) is 0. The van der Waals surface area contributed by atoms with Crippen LogP contribution in [0.1, 0.15) is 38.0 Å². The fourth-order valence-electron chi connectivity index (χ4n) is 1.88. The van der Waals surface area contributed by atoms with Crippen molar-refractivity contribution in [2.45, 2.75) is 32.2 Å². The van der Waals surface area contributed by atoms with Crippen molar-refractivity contribution < 1.29 is 4.74 Å². The summed E-state index contributed by atoms with van der Waals surface area (Å²) in [6.45, 7) is 6.09. The van der Waals surface area contributed by atoms with Crippen LogP contribution < -0.4 is 4.74 Å². The first-order chi connectivity index (χ1) is 8.04. The lowest BCUT2D eigenvalue weighted by Gasteiger charge is -2.13.